The van der Waals surface area contributed by atoms with Crippen molar-refractivity contribution in [3.05, 3.63) is 36.0 Å². The Kier molecular flexibility index (Phi) is 10.5. The average molecular weight is 356 g/mol. The van der Waals surface area contributed by atoms with E-state index in [1.807, 2.05) is 0 Å². The lowest BCUT2D eigenvalue weighted by molar-refractivity contribution is 0.525. The first-order chi connectivity index (χ1) is 12.8. The van der Waals surface area contributed by atoms with E-state index >= 15 is 0 Å². The van der Waals surface area contributed by atoms with E-state index in [-0.39, 0.29) is 0 Å². The van der Waals surface area contributed by atoms with Crippen LogP contribution in [0.4, 0.5) is 0 Å². The number of unbranched alkanes of at least 4 members (excludes halogenated alkanes) is 13. The van der Waals surface area contributed by atoms with Crippen molar-refractivity contribution >= 4 is 10.9 Å². The van der Waals surface area contributed by atoms with Crippen LogP contribution < -0.4 is 0 Å². The number of para-hydroxylation sites is 1. The smallest absolute Gasteiger partial charge is 0.0482 e. The van der Waals surface area contributed by atoms with Crippen LogP contribution in [0.2, 0.25) is 0 Å². The van der Waals surface area contributed by atoms with Crippen LogP contribution in [0.1, 0.15) is 103 Å². The molecular formula is C25H41N. The van der Waals surface area contributed by atoms with Gasteiger partial charge in [0.25, 0.3) is 0 Å². The second kappa shape index (κ2) is 13.0. The molecule has 0 amide bonds. The normalized spacial score (nSPS) is 11.5. The minimum Gasteiger partial charge on any atom is -0.345 e. The van der Waals surface area contributed by atoms with Crippen LogP contribution in [0.3, 0.4) is 0 Å². The van der Waals surface area contributed by atoms with Gasteiger partial charge in [-0.3, -0.25) is 0 Å². The van der Waals surface area contributed by atoms with Gasteiger partial charge >= 0.3 is 0 Å². The second-order valence-corrected chi connectivity index (χ2v) is 8.09. The predicted molar refractivity (Wildman–Crippen MR) is 117 cm³/mol. The number of aryl methyl sites for hydroxylation is 2. The third-order valence-electron chi connectivity index (χ3n) is 5.75. The molecule has 0 aliphatic heterocycles. The van der Waals surface area contributed by atoms with Gasteiger partial charge in [0.1, 0.15) is 0 Å². The van der Waals surface area contributed by atoms with Crippen molar-refractivity contribution < 1.29 is 0 Å². The summed E-state index contributed by atoms with van der Waals surface area (Å²) in [5, 5.41) is 1.38. The molecule has 26 heavy (non-hydrogen) atoms. The van der Waals surface area contributed by atoms with Gasteiger partial charge in [0, 0.05) is 17.8 Å². The SMILES string of the molecule is CCCCCCCCCCCCCCCCn1c(C)cc2ccccc21. The fraction of sp³-hybridized carbons (Fsp3) is 0.680. The van der Waals surface area contributed by atoms with Gasteiger partial charge in [-0.1, -0.05) is 109 Å². The molecular weight excluding hydrogens is 314 g/mol. The molecule has 0 atom stereocenters. The summed E-state index contributed by atoms with van der Waals surface area (Å²) in [5.41, 5.74) is 2.81. The highest BCUT2D eigenvalue weighted by Crippen LogP contribution is 2.20. The molecule has 0 aliphatic rings. The highest BCUT2D eigenvalue weighted by molar-refractivity contribution is 5.81. The van der Waals surface area contributed by atoms with Gasteiger partial charge in [-0.05, 0) is 30.9 Å². The first kappa shape index (κ1) is 21.1. The zero-order chi connectivity index (χ0) is 18.5. The Morgan fingerprint density at radius 1 is 0.654 bits per heavy atom. The minimum absolute atomic E-state index is 1.18. The molecule has 0 aliphatic carbocycles. The monoisotopic (exact) mass is 355 g/mol. The topological polar surface area (TPSA) is 4.93 Å². The van der Waals surface area contributed by atoms with E-state index < -0.39 is 0 Å². The Balaban J connectivity index is 1.43. The van der Waals surface area contributed by atoms with Crippen LogP contribution >= 0.6 is 0 Å². The molecule has 1 aromatic heterocycles. The standard InChI is InChI=1S/C25H41N/c1-3-4-5-6-7-8-9-10-11-12-13-14-15-18-21-26-23(2)22-24-19-16-17-20-25(24)26/h16-17,19-20,22H,3-15,18,21H2,1-2H3. The van der Waals surface area contributed by atoms with E-state index in [2.05, 4.69) is 48.7 Å². The van der Waals surface area contributed by atoms with Gasteiger partial charge in [0.15, 0.2) is 0 Å². The fourth-order valence-corrected chi connectivity index (χ4v) is 4.11. The maximum atomic E-state index is 2.50. The molecule has 2 aromatic rings. The van der Waals surface area contributed by atoms with Gasteiger partial charge in [0.2, 0.25) is 0 Å². The van der Waals surface area contributed by atoms with Crippen LogP contribution in [0.5, 0.6) is 0 Å². The van der Waals surface area contributed by atoms with E-state index in [4.69, 9.17) is 0 Å². The Labute approximate surface area is 162 Å². The van der Waals surface area contributed by atoms with Crippen molar-refractivity contribution in [3.63, 3.8) is 0 Å². The largest absolute Gasteiger partial charge is 0.345 e. The van der Waals surface area contributed by atoms with Crippen LogP contribution in [-0.2, 0) is 6.54 Å². The lowest BCUT2D eigenvalue weighted by Crippen LogP contribution is -1.99. The van der Waals surface area contributed by atoms with E-state index in [1.54, 1.807) is 0 Å². The highest BCUT2D eigenvalue weighted by atomic mass is 15.0. The van der Waals surface area contributed by atoms with Crippen molar-refractivity contribution in [2.24, 2.45) is 0 Å². The van der Waals surface area contributed by atoms with Crippen molar-refractivity contribution in [2.75, 3.05) is 0 Å². The zero-order valence-electron chi connectivity index (χ0n) is 17.4. The number of hydrogen-bond donors (Lipinski definition) is 0. The molecule has 0 radical (unpaired) electrons. The molecule has 0 fully saturated rings. The number of benzene rings is 1. The van der Waals surface area contributed by atoms with Gasteiger partial charge in [-0.25, -0.2) is 0 Å². The molecule has 146 valence electrons. The minimum atomic E-state index is 1.18. The Morgan fingerprint density at radius 3 is 1.73 bits per heavy atom. The lowest BCUT2D eigenvalue weighted by Gasteiger charge is -2.08. The average Bonchev–Trinajstić information content (AvgIpc) is 2.97. The lowest BCUT2D eigenvalue weighted by atomic mass is 10.0. The van der Waals surface area contributed by atoms with Gasteiger partial charge in [-0.2, -0.15) is 0 Å². The molecule has 2 rings (SSSR count). The van der Waals surface area contributed by atoms with E-state index in [0.29, 0.717) is 0 Å². The van der Waals surface area contributed by atoms with Crippen LogP contribution in [0.15, 0.2) is 30.3 Å². The summed E-state index contributed by atoms with van der Waals surface area (Å²) in [6.45, 7) is 5.71. The molecule has 0 saturated heterocycles. The number of aromatic nitrogens is 1. The molecule has 0 bridgehead atoms. The number of nitrogens with zero attached hydrogens (tertiary/aromatic N) is 1. The molecule has 1 aromatic carbocycles. The third-order valence-corrected chi connectivity index (χ3v) is 5.75. The zero-order valence-corrected chi connectivity index (χ0v) is 17.4. The summed E-state index contributed by atoms with van der Waals surface area (Å²) < 4.78 is 2.50. The molecule has 0 N–H and O–H groups in total. The van der Waals surface area contributed by atoms with Crippen LogP contribution in [0.25, 0.3) is 10.9 Å². The van der Waals surface area contributed by atoms with Gasteiger partial charge in [0.05, 0.1) is 0 Å². The molecule has 0 unspecified atom stereocenters. The number of fused-ring (bicyclic) bond motifs is 1. The first-order valence-corrected chi connectivity index (χ1v) is 11.4. The predicted octanol–water partition coefficient (Wildman–Crippen LogP) is 8.43. The Morgan fingerprint density at radius 2 is 1.15 bits per heavy atom. The molecule has 1 heterocycles. The first-order valence-electron chi connectivity index (χ1n) is 11.4. The maximum absolute atomic E-state index is 2.50. The van der Waals surface area contributed by atoms with Gasteiger partial charge < -0.3 is 4.57 Å². The summed E-state index contributed by atoms with van der Waals surface area (Å²) in [7, 11) is 0. The number of hydrogen-bond acceptors (Lipinski definition) is 0. The van der Waals surface area contributed by atoms with E-state index in [0.717, 1.165) is 0 Å². The third kappa shape index (κ3) is 7.56. The summed E-state index contributed by atoms with van der Waals surface area (Å²) in [5.74, 6) is 0. The fourth-order valence-electron chi connectivity index (χ4n) is 4.11. The summed E-state index contributed by atoms with van der Waals surface area (Å²) in [4.78, 5) is 0. The Hall–Kier alpha value is -1.24. The van der Waals surface area contributed by atoms with Crippen molar-refractivity contribution in [1.29, 1.82) is 0 Å². The van der Waals surface area contributed by atoms with Crippen molar-refractivity contribution in [2.45, 2.75) is 110 Å². The van der Waals surface area contributed by atoms with Crippen LogP contribution in [0, 0.1) is 6.92 Å². The van der Waals surface area contributed by atoms with E-state index in [9.17, 15) is 0 Å². The molecule has 0 saturated carbocycles. The maximum Gasteiger partial charge on any atom is 0.0482 e. The second-order valence-electron chi connectivity index (χ2n) is 8.09. The Bertz CT molecular complexity index is 595. The number of rotatable bonds is 15. The van der Waals surface area contributed by atoms with Crippen molar-refractivity contribution in [3.8, 4) is 0 Å². The summed E-state index contributed by atoms with van der Waals surface area (Å²) in [6.07, 6.45) is 20.0. The van der Waals surface area contributed by atoms with Crippen molar-refractivity contribution in [1.82, 2.24) is 4.57 Å². The van der Waals surface area contributed by atoms with Crippen LogP contribution in [-0.4, -0.2) is 4.57 Å². The molecule has 0 spiro atoms. The molecule has 1 heteroatoms. The quantitative estimate of drug-likeness (QED) is 0.282. The highest BCUT2D eigenvalue weighted by Gasteiger charge is 2.04. The summed E-state index contributed by atoms with van der Waals surface area (Å²) in [6, 6.07) is 11.1. The van der Waals surface area contributed by atoms with E-state index in [1.165, 1.54) is 113 Å². The summed E-state index contributed by atoms with van der Waals surface area (Å²) >= 11 is 0. The van der Waals surface area contributed by atoms with Gasteiger partial charge in [-0.15, -0.1) is 0 Å². The molecule has 1 nitrogen and oxygen atoms in total.